The van der Waals surface area contributed by atoms with E-state index in [2.05, 4.69) is 0 Å². The Kier molecular flexibility index (Phi) is 4.02. The Bertz CT molecular complexity index is 410. The third-order valence-electron chi connectivity index (χ3n) is 3.97. The Labute approximate surface area is 107 Å². The number of hydrogen-bond donors (Lipinski definition) is 2. The molecule has 1 aromatic rings. The summed E-state index contributed by atoms with van der Waals surface area (Å²) in [4.78, 5) is 10.9. The molecule has 1 saturated carbocycles. The van der Waals surface area contributed by atoms with Gasteiger partial charge in [-0.05, 0) is 43.2 Å². The molecule has 3 heteroatoms. The lowest BCUT2D eigenvalue weighted by Crippen LogP contribution is -2.15. The van der Waals surface area contributed by atoms with Crippen molar-refractivity contribution in [3.8, 4) is 0 Å². The van der Waals surface area contributed by atoms with Gasteiger partial charge in [0.1, 0.15) is 0 Å². The first-order chi connectivity index (χ1) is 8.58. The molecule has 1 aliphatic carbocycles. The van der Waals surface area contributed by atoms with E-state index in [1.54, 1.807) is 6.92 Å². The monoisotopic (exact) mass is 248 g/mol. The highest BCUT2D eigenvalue weighted by Crippen LogP contribution is 2.29. The largest absolute Gasteiger partial charge is 0.481 e. The zero-order valence-electron chi connectivity index (χ0n) is 10.7. The zero-order chi connectivity index (χ0) is 13.1. The number of carboxylic acid groups (broad SMARTS) is 1. The number of carboxylic acids is 1. The van der Waals surface area contributed by atoms with Crippen LogP contribution in [0, 0.1) is 5.92 Å². The Morgan fingerprint density at radius 1 is 1.33 bits per heavy atom. The second-order valence-corrected chi connectivity index (χ2v) is 5.26. The lowest BCUT2D eigenvalue weighted by molar-refractivity contribution is -0.138. The predicted molar refractivity (Wildman–Crippen MR) is 69.5 cm³/mol. The van der Waals surface area contributed by atoms with Crippen LogP contribution in [0.1, 0.15) is 43.2 Å². The van der Waals surface area contributed by atoms with E-state index in [-0.39, 0.29) is 6.10 Å². The van der Waals surface area contributed by atoms with Crippen molar-refractivity contribution in [2.75, 3.05) is 0 Å². The van der Waals surface area contributed by atoms with Gasteiger partial charge in [-0.2, -0.15) is 0 Å². The molecule has 2 N–H and O–H groups in total. The van der Waals surface area contributed by atoms with Gasteiger partial charge < -0.3 is 10.2 Å². The van der Waals surface area contributed by atoms with Crippen molar-refractivity contribution < 1.29 is 15.0 Å². The van der Waals surface area contributed by atoms with Crippen LogP contribution >= 0.6 is 0 Å². The summed E-state index contributed by atoms with van der Waals surface area (Å²) in [6, 6.07) is 7.74. The van der Waals surface area contributed by atoms with Crippen molar-refractivity contribution in [2.24, 2.45) is 5.92 Å². The SMILES string of the molecule is C[C@H](C(=O)O)c1ccc(CC2CCC[C@@H]2O)cc1. The number of aliphatic hydroxyl groups is 1. The summed E-state index contributed by atoms with van der Waals surface area (Å²) < 4.78 is 0. The predicted octanol–water partition coefficient (Wildman–Crippen LogP) is 2.58. The highest BCUT2D eigenvalue weighted by Gasteiger charge is 2.25. The van der Waals surface area contributed by atoms with Crippen LogP contribution in [0.3, 0.4) is 0 Å². The summed E-state index contributed by atoms with van der Waals surface area (Å²) in [6.07, 6.45) is 3.85. The van der Waals surface area contributed by atoms with E-state index in [0.717, 1.165) is 31.2 Å². The first-order valence-electron chi connectivity index (χ1n) is 6.57. The molecule has 98 valence electrons. The molecule has 0 heterocycles. The molecule has 0 spiro atoms. The molecule has 0 saturated heterocycles. The summed E-state index contributed by atoms with van der Waals surface area (Å²) >= 11 is 0. The topological polar surface area (TPSA) is 57.5 Å². The molecule has 0 radical (unpaired) electrons. The maximum absolute atomic E-state index is 10.9. The smallest absolute Gasteiger partial charge is 0.310 e. The van der Waals surface area contributed by atoms with Gasteiger partial charge in [0.25, 0.3) is 0 Å². The molecule has 3 atom stereocenters. The molecule has 0 aromatic heterocycles. The van der Waals surface area contributed by atoms with Gasteiger partial charge in [-0.25, -0.2) is 0 Å². The molecular formula is C15H20O3. The Hall–Kier alpha value is -1.35. The van der Waals surface area contributed by atoms with Gasteiger partial charge in [-0.1, -0.05) is 30.7 Å². The van der Waals surface area contributed by atoms with Crippen molar-refractivity contribution >= 4 is 5.97 Å². The number of aliphatic hydroxyl groups excluding tert-OH is 1. The van der Waals surface area contributed by atoms with E-state index < -0.39 is 11.9 Å². The van der Waals surface area contributed by atoms with Gasteiger partial charge in [0.05, 0.1) is 12.0 Å². The normalized spacial score (nSPS) is 25.0. The van der Waals surface area contributed by atoms with Crippen molar-refractivity contribution in [2.45, 2.75) is 44.6 Å². The fraction of sp³-hybridized carbons (Fsp3) is 0.533. The average molecular weight is 248 g/mol. The summed E-state index contributed by atoms with van der Waals surface area (Å²) in [6.45, 7) is 1.69. The maximum Gasteiger partial charge on any atom is 0.310 e. The van der Waals surface area contributed by atoms with Crippen molar-refractivity contribution in [1.82, 2.24) is 0 Å². The van der Waals surface area contributed by atoms with Crippen molar-refractivity contribution in [3.63, 3.8) is 0 Å². The Balaban J connectivity index is 2.01. The molecule has 3 nitrogen and oxygen atoms in total. The molecular weight excluding hydrogens is 228 g/mol. The third-order valence-corrected chi connectivity index (χ3v) is 3.97. The van der Waals surface area contributed by atoms with Crippen LogP contribution in [0.25, 0.3) is 0 Å². The van der Waals surface area contributed by atoms with Gasteiger partial charge in [-0.15, -0.1) is 0 Å². The van der Waals surface area contributed by atoms with Crippen LogP contribution in [-0.4, -0.2) is 22.3 Å². The molecule has 1 aliphatic rings. The first-order valence-corrected chi connectivity index (χ1v) is 6.57. The summed E-state index contributed by atoms with van der Waals surface area (Å²) in [5.41, 5.74) is 2.01. The van der Waals surface area contributed by atoms with Gasteiger partial charge in [-0.3, -0.25) is 4.79 Å². The van der Waals surface area contributed by atoms with Crippen LogP contribution in [-0.2, 0) is 11.2 Å². The van der Waals surface area contributed by atoms with Crippen LogP contribution in [0.4, 0.5) is 0 Å². The van der Waals surface area contributed by atoms with Gasteiger partial charge in [0, 0.05) is 0 Å². The van der Waals surface area contributed by atoms with Gasteiger partial charge in [0.15, 0.2) is 0 Å². The van der Waals surface area contributed by atoms with E-state index in [9.17, 15) is 9.90 Å². The van der Waals surface area contributed by atoms with Gasteiger partial charge >= 0.3 is 5.97 Å². The standard InChI is InChI=1S/C15H20O3/c1-10(15(17)18)12-7-5-11(6-8-12)9-13-3-2-4-14(13)16/h5-8,10,13-14,16H,2-4,9H2,1H3,(H,17,18)/t10-,13?,14-/m0/s1. The highest BCUT2D eigenvalue weighted by molar-refractivity contribution is 5.75. The quantitative estimate of drug-likeness (QED) is 0.861. The van der Waals surface area contributed by atoms with Crippen molar-refractivity contribution in [1.29, 1.82) is 0 Å². The minimum Gasteiger partial charge on any atom is -0.481 e. The molecule has 1 unspecified atom stereocenters. The van der Waals surface area contributed by atoms with E-state index in [1.807, 2.05) is 24.3 Å². The number of carbonyl (C=O) groups is 1. The molecule has 1 fully saturated rings. The second-order valence-electron chi connectivity index (χ2n) is 5.26. The fourth-order valence-corrected chi connectivity index (χ4v) is 2.64. The van der Waals surface area contributed by atoms with Crippen LogP contribution in [0.15, 0.2) is 24.3 Å². The Morgan fingerprint density at radius 2 is 2.00 bits per heavy atom. The van der Waals surface area contributed by atoms with E-state index in [0.29, 0.717) is 5.92 Å². The second kappa shape index (κ2) is 5.53. The van der Waals surface area contributed by atoms with Crippen LogP contribution < -0.4 is 0 Å². The zero-order valence-corrected chi connectivity index (χ0v) is 10.7. The summed E-state index contributed by atoms with van der Waals surface area (Å²) in [7, 11) is 0. The summed E-state index contributed by atoms with van der Waals surface area (Å²) in [5.74, 6) is -0.891. The van der Waals surface area contributed by atoms with E-state index in [1.165, 1.54) is 5.56 Å². The molecule has 18 heavy (non-hydrogen) atoms. The van der Waals surface area contributed by atoms with Crippen molar-refractivity contribution in [3.05, 3.63) is 35.4 Å². The minimum atomic E-state index is -0.797. The first kappa shape index (κ1) is 13.1. The highest BCUT2D eigenvalue weighted by atomic mass is 16.4. The number of aliphatic carboxylic acids is 1. The van der Waals surface area contributed by atoms with E-state index in [4.69, 9.17) is 5.11 Å². The number of rotatable bonds is 4. The number of hydrogen-bond acceptors (Lipinski definition) is 2. The lowest BCUT2D eigenvalue weighted by atomic mass is 9.94. The van der Waals surface area contributed by atoms with Crippen LogP contribution in [0.2, 0.25) is 0 Å². The Morgan fingerprint density at radius 3 is 2.50 bits per heavy atom. The minimum absolute atomic E-state index is 0.164. The molecule has 1 aromatic carbocycles. The van der Waals surface area contributed by atoms with E-state index >= 15 is 0 Å². The molecule has 0 bridgehead atoms. The molecule has 0 aliphatic heterocycles. The van der Waals surface area contributed by atoms with Gasteiger partial charge in [0.2, 0.25) is 0 Å². The third kappa shape index (κ3) is 2.91. The molecule has 0 amide bonds. The lowest BCUT2D eigenvalue weighted by Gasteiger charge is -2.15. The summed E-state index contributed by atoms with van der Waals surface area (Å²) in [5, 5.41) is 18.7. The maximum atomic E-state index is 10.9. The molecule has 2 rings (SSSR count). The fourth-order valence-electron chi connectivity index (χ4n) is 2.64. The average Bonchev–Trinajstić information content (AvgIpc) is 2.75. The number of benzene rings is 1. The van der Waals surface area contributed by atoms with Crippen LogP contribution in [0.5, 0.6) is 0 Å².